The van der Waals surface area contributed by atoms with Crippen molar-refractivity contribution < 1.29 is 13.2 Å². The Balaban J connectivity index is 2.58. The van der Waals surface area contributed by atoms with Gasteiger partial charge in [0.2, 0.25) is 0 Å². The van der Waals surface area contributed by atoms with E-state index in [1.54, 1.807) is 0 Å². The zero-order valence-corrected chi connectivity index (χ0v) is 9.40. The first kappa shape index (κ1) is 12.8. The van der Waals surface area contributed by atoms with E-state index in [1.807, 2.05) is 13.8 Å². The predicted octanol–water partition coefficient (Wildman–Crippen LogP) is 3.35. The molecule has 0 aromatic rings. The first-order valence-electron chi connectivity index (χ1n) is 5.75. The molecular formula is C11H20F3N. The fraction of sp³-hybridized carbons (Fsp3) is 1.00. The third-order valence-corrected chi connectivity index (χ3v) is 3.36. The number of rotatable bonds is 3. The van der Waals surface area contributed by atoms with Gasteiger partial charge in [-0.2, -0.15) is 13.2 Å². The molecular weight excluding hydrogens is 203 g/mol. The number of alkyl halides is 3. The summed E-state index contributed by atoms with van der Waals surface area (Å²) in [5.74, 6) is -0.773. The van der Waals surface area contributed by atoms with Crippen LogP contribution in [0, 0.1) is 11.8 Å². The van der Waals surface area contributed by atoms with Crippen LogP contribution in [-0.4, -0.2) is 18.8 Å². The molecule has 3 atom stereocenters. The number of piperidine rings is 1. The summed E-state index contributed by atoms with van der Waals surface area (Å²) in [4.78, 5) is 0. The largest absolute Gasteiger partial charge is 0.393 e. The van der Waals surface area contributed by atoms with Gasteiger partial charge in [0.15, 0.2) is 0 Å². The molecule has 1 heterocycles. The lowest BCUT2D eigenvalue weighted by Gasteiger charge is -2.35. The van der Waals surface area contributed by atoms with Crippen molar-refractivity contribution in [2.24, 2.45) is 11.8 Å². The molecule has 1 fully saturated rings. The summed E-state index contributed by atoms with van der Waals surface area (Å²) in [6.45, 7) is 4.77. The van der Waals surface area contributed by atoms with Gasteiger partial charge < -0.3 is 5.32 Å². The maximum atomic E-state index is 12.7. The fourth-order valence-electron chi connectivity index (χ4n) is 2.19. The molecule has 0 bridgehead atoms. The second kappa shape index (κ2) is 5.19. The van der Waals surface area contributed by atoms with Crippen LogP contribution in [0.4, 0.5) is 13.2 Å². The van der Waals surface area contributed by atoms with Crippen LogP contribution < -0.4 is 5.32 Å². The standard InChI is InChI=1S/C11H20F3N/c1-3-8(2)7-10-9(11(12,13)14)5-4-6-15-10/h8-10,15H,3-7H2,1-2H3. The number of hydrogen-bond donors (Lipinski definition) is 1. The van der Waals surface area contributed by atoms with Crippen molar-refractivity contribution in [2.45, 2.75) is 51.7 Å². The van der Waals surface area contributed by atoms with Crippen molar-refractivity contribution >= 4 is 0 Å². The molecule has 0 aromatic heterocycles. The molecule has 1 saturated heterocycles. The molecule has 15 heavy (non-hydrogen) atoms. The summed E-state index contributed by atoms with van der Waals surface area (Å²) in [6, 6.07) is -0.367. The third kappa shape index (κ3) is 3.67. The quantitative estimate of drug-likeness (QED) is 0.773. The van der Waals surface area contributed by atoms with Gasteiger partial charge in [0.25, 0.3) is 0 Å². The molecule has 1 nitrogen and oxygen atoms in total. The minimum absolute atomic E-state index is 0.289. The second-order valence-corrected chi connectivity index (χ2v) is 4.60. The lowest BCUT2D eigenvalue weighted by molar-refractivity contribution is -0.189. The van der Waals surface area contributed by atoms with E-state index in [4.69, 9.17) is 0 Å². The molecule has 90 valence electrons. The van der Waals surface area contributed by atoms with Crippen molar-refractivity contribution in [3.8, 4) is 0 Å². The summed E-state index contributed by atoms with van der Waals surface area (Å²) < 4.78 is 38.1. The summed E-state index contributed by atoms with van der Waals surface area (Å²) in [7, 11) is 0. The SMILES string of the molecule is CCC(C)CC1NCCCC1C(F)(F)F. The van der Waals surface area contributed by atoms with Gasteiger partial charge in [-0.1, -0.05) is 20.3 Å². The molecule has 1 N–H and O–H groups in total. The van der Waals surface area contributed by atoms with Gasteiger partial charge in [0.1, 0.15) is 0 Å². The van der Waals surface area contributed by atoms with Crippen LogP contribution in [0.2, 0.25) is 0 Å². The maximum Gasteiger partial charge on any atom is 0.393 e. The highest BCUT2D eigenvalue weighted by Crippen LogP contribution is 2.36. The van der Waals surface area contributed by atoms with Gasteiger partial charge in [-0.05, 0) is 31.7 Å². The minimum Gasteiger partial charge on any atom is -0.313 e. The normalized spacial score (nSPS) is 30.2. The second-order valence-electron chi connectivity index (χ2n) is 4.60. The molecule has 0 aliphatic carbocycles. The zero-order valence-electron chi connectivity index (χ0n) is 9.40. The molecule has 0 aromatic carbocycles. The van der Waals surface area contributed by atoms with Gasteiger partial charge in [-0.3, -0.25) is 0 Å². The highest BCUT2D eigenvalue weighted by molar-refractivity contribution is 4.86. The highest BCUT2D eigenvalue weighted by atomic mass is 19.4. The van der Waals surface area contributed by atoms with Crippen LogP contribution >= 0.6 is 0 Å². The number of halogens is 3. The van der Waals surface area contributed by atoms with E-state index in [0.717, 1.165) is 13.0 Å². The number of hydrogen-bond acceptors (Lipinski definition) is 1. The lowest BCUT2D eigenvalue weighted by Crippen LogP contribution is -2.48. The van der Waals surface area contributed by atoms with Gasteiger partial charge in [-0.15, -0.1) is 0 Å². The van der Waals surface area contributed by atoms with Crippen LogP contribution in [0.25, 0.3) is 0 Å². The molecule has 3 unspecified atom stereocenters. The molecule has 0 spiro atoms. The van der Waals surface area contributed by atoms with Gasteiger partial charge in [-0.25, -0.2) is 0 Å². The molecule has 0 amide bonds. The third-order valence-electron chi connectivity index (χ3n) is 3.36. The summed E-state index contributed by atoms with van der Waals surface area (Å²) in [6.07, 6.45) is -1.52. The van der Waals surface area contributed by atoms with Crippen molar-refractivity contribution in [3.05, 3.63) is 0 Å². The molecule has 0 radical (unpaired) electrons. The minimum atomic E-state index is -4.04. The fourth-order valence-corrected chi connectivity index (χ4v) is 2.19. The summed E-state index contributed by atoms with van der Waals surface area (Å²) in [5, 5.41) is 3.02. The van der Waals surface area contributed by atoms with E-state index in [-0.39, 0.29) is 12.5 Å². The van der Waals surface area contributed by atoms with E-state index < -0.39 is 12.1 Å². The smallest absolute Gasteiger partial charge is 0.313 e. The van der Waals surface area contributed by atoms with Crippen LogP contribution in [0.3, 0.4) is 0 Å². The van der Waals surface area contributed by atoms with Crippen molar-refractivity contribution in [1.82, 2.24) is 5.32 Å². The van der Waals surface area contributed by atoms with Crippen LogP contribution in [0.1, 0.15) is 39.5 Å². The summed E-state index contributed by atoms with van der Waals surface area (Å²) in [5.41, 5.74) is 0. The van der Waals surface area contributed by atoms with Crippen LogP contribution in [-0.2, 0) is 0 Å². The predicted molar refractivity (Wildman–Crippen MR) is 54.6 cm³/mol. The molecule has 1 aliphatic rings. The van der Waals surface area contributed by atoms with E-state index in [2.05, 4.69) is 5.32 Å². The zero-order chi connectivity index (χ0) is 11.5. The van der Waals surface area contributed by atoms with E-state index in [1.165, 1.54) is 0 Å². The molecule has 0 saturated carbocycles. The van der Waals surface area contributed by atoms with Gasteiger partial charge in [0.05, 0.1) is 5.92 Å². The Morgan fingerprint density at radius 2 is 2.07 bits per heavy atom. The van der Waals surface area contributed by atoms with Crippen molar-refractivity contribution in [3.63, 3.8) is 0 Å². The van der Waals surface area contributed by atoms with Crippen LogP contribution in [0.15, 0.2) is 0 Å². The average Bonchev–Trinajstić information content (AvgIpc) is 2.17. The Labute approximate surface area is 89.4 Å². The Kier molecular flexibility index (Phi) is 4.44. The Morgan fingerprint density at radius 3 is 2.60 bits per heavy atom. The average molecular weight is 223 g/mol. The molecule has 1 rings (SSSR count). The van der Waals surface area contributed by atoms with E-state index in [0.29, 0.717) is 18.8 Å². The Morgan fingerprint density at radius 1 is 1.40 bits per heavy atom. The first-order valence-corrected chi connectivity index (χ1v) is 5.75. The first-order chi connectivity index (χ1) is 6.95. The topological polar surface area (TPSA) is 12.0 Å². The van der Waals surface area contributed by atoms with Crippen LogP contribution in [0.5, 0.6) is 0 Å². The van der Waals surface area contributed by atoms with Crippen molar-refractivity contribution in [1.29, 1.82) is 0 Å². The summed E-state index contributed by atoms with van der Waals surface area (Å²) >= 11 is 0. The van der Waals surface area contributed by atoms with Crippen molar-refractivity contribution in [2.75, 3.05) is 6.54 Å². The molecule has 4 heteroatoms. The maximum absolute atomic E-state index is 12.7. The highest BCUT2D eigenvalue weighted by Gasteiger charge is 2.45. The monoisotopic (exact) mass is 223 g/mol. The molecule has 1 aliphatic heterocycles. The van der Waals surface area contributed by atoms with E-state index >= 15 is 0 Å². The van der Waals surface area contributed by atoms with Gasteiger partial charge >= 0.3 is 6.18 Å². The Hall–Kier alpha value is -0.250. The van der Waals surface area contributed by atoms with Gasteiger partial charge in [0, 0.05) is 6.04 Å². The lowest BCUT2D eigenvalue weighted by atomic mass is 9.84. The number of nitrogens with one attached hydrogen (secondary N) is 1. The van der Waals surface area contributed by atoms with E-state index in [9.17, 15) is 13.2 Å². The Bertz CT molecular complexity index is 191.